The number of terminal acetylenes is 2. The molecule has 7 nitrogen and oxygen atoms in total. The highest BCUT2D eigenvalue weighted by molar-refractivity contribution is 5.93. The molecule has 1 aliphatic heterocycles. The zero-order valence-electron chi connectivity index (χ0n) is 16.9. The maximum atomic E-state index is 12.6. The first-order chi connectivity index (χ1) is 14.9. The van der Waals surface area contributed by atoms with E-state index in [0.717, 1.165) is 16.8 Å². The van der Waals surface area contributed by atoms with Crippen LogP contribution in [0.15, 0.2) is 48.0 Å². The van der Waals surface area contributed by atoms with Crippen LogP contribution in [0.2, 0.25) is 0 Å². The van der Waals surface area contributed by atoms with E-state index in [1.165, 1.54) is 0 Å². The molecule has 0 spiro atoms. The number of aryl methyl sites for hydroxylation is 1. The molecule has 1 unspecified atom stereocenters. The van der Waals surface area contributed by atoms with Gasteiger partial charge in [-0.3, -0.25) is 9.78 Å². The van der Waals surface area contributed by atoms with Crippen molar-refractivity contribution >= 4 is 11.9 Å². The fourth-order valence-electron chi connectivity index (χ4n) is 3.22. The summed E-state index contributed by atoms with van der Waals surface area (Å²) >= 11 is 0. The minimum absolute atomic E-state index is 0.000381. The van der Waals surface area contributed by atoms with Crippen molar-refractivity contribution in [1.29, 1.82) is 0 Å². The van der Waals surface area contributed by atoms with Crippen molar-refractivity contribution in [3.63, 3.8) is 0 Å². The van der Waals surface area contributed by atoms with Crippen LogP contribution in [0.4, 0.5) is 0 Å². The molecule has 0 radical (unpaired) electrons. The highest BCUT2D eigenvalue weighted by Crippen LogP contribution is 2.42. The minimum Gasteiger partial charge on any atom is -0.452 e. The Morgan fingerprint density at radius 3 is 2.52 bits per heavy atom. The fraction of sp³-hybridized carbons (Fsp3) is 0.208. The summed E-state index contributed by atoms with van der Waals surface area (Å²) in [5.41, 5.74) is 9.16. The molecule has 0 saturated heterocycles. The maximum absolute atomic E-state index is 12.6. The first-order valence-corrected chi connectivity index (χ1v) is 9.38. The van der Waals surface area contributed by atoms with Crippen molar-refractivity contribution in [3.05, 3.63) is 59.2 Å². The van der Waals surface area contributed by atoms with Gasteiger partial charge >= 0.3 is 11.9 Å². The Bertz CT molecular complexity index is 1120. The Hall–Kier alpha value is -4.23. The number of carbonyl (C=O) groups is 2. The summed E-state index contributed by atoms with van der Waals surface area (Å²) in [6, 6.07) is 9.20. The number of ether oxygens (including phenoxy) is 3. The van der Waals surface area contributed by atoms with Crippen LogP contribution in [-0.4, -0.2) is 30.1 Å². The molecule has 0 bridgehead atoms. The number of pyridine rings is 1. The smallest absolute Gasteiger partial charge is 0.341 e. The van der Waals surface area contributed by atoms with Gasteiger partial charge in [-0.25, -0.2) is 4.79 Å². The molecule has 0 aliphatic carbocycles. The summed E-state index contributed by atoms with van der Waals surface area (Å²) in [5.74, 6) is 2.60. The molecule has 0 fully saturated rings. The van der Waals surface area contributed by atoms with E-state index in [9.17, 15) is 9.59 Å². The van der Waals surface area contributed by atoms with E-state index in [2.05, 4.69) is 16.8 Å². The van der Waals surface area contributed by atoms with Crippen LogP contribution >= 0.6 is 0 Å². The predicted molar refractivity (Wildman–Crippen MR) is 113 cm³/mol. The van der Waals surface area contributed by atoms with Crippen LogP contribution in [0, 0.1) is 31.6 Å². The second kappa shape index (κ2) is 9.51. The molecule has 1 aliphatic rings. The Morgan fingerprint density at radius 2 is 1.84 bits per heavy atom. The van der Waals surface area contributed by atoms with E-state index < -0.39 is 17.9 Å². The number of fused-ring (bicyclic) bond motifs is 1. The number of nitrogens with zero attached hydrogens (tertiary/aromatic N) is 1. The normalized spacial score (nSPS) is 14.5. The minimum atomic E-state index is -0.766. The van der Waals surface area contributed by atoms with Gasteiger partial charge in [0.1, 0.15) is 11.3 Å². The molecule has 0 saturated carbocycles. The third-order valence-corrected chi connectivity index (χ3v) is 4.66. The van der Waals surface area contributed by atoms with Crippen LogP contribution in [0.3, 0.4) is 0 Å². The van der Waals surface area contributed by atoms with Crippen molar-refractivity contribution in [2.24, 2.45) is 5.73 Å². The van der Waals surface area contributed by atoms with E-state index in [1.54, 1.807) is 12.3 Å². The lowest BCUT2D eigenvalue weighted by Gasteiger charge is -2.28. The van der Waals surface area contributed by atoms with Crippen LogP contribution < -0.4 is 10.5 Å². The van der Waals surface area contributed by atoms with E-state index in [4.69, 9.17) is 32.8 Å². The molecule has 3 rings (SSSR count). The quantitative estimate of drug-likeness (QED) is 0.570. The summed E-state index contributed by atoms with van der Waals surface area (Å²) in [6.07, 6.45) is 11.9. The summed E-state index contributed by atoms with van der Waals surface area (Å²) < 4.78 is 15.7. The SMILES string of the molecule is C#CCOC(=O)CC1C(C(=O)OCC#C)=C(N)Oc2ccc(-c3ccc(C)nc3)cc21. The van der Waals surface area contributed by atoms with Crippen LogP contribution in [-0.2, 0) is 19.1 Å². The number of hydrogen-bond acceptors (Lipinski definition) is 7. The van der Waals surface area contributed by atoms with Crippen LogP contribution in [0.5, 0.6) is 5.75 Å². The summed E-state index contributed by atoms with van der Waals surface area (Å²) in [5, 5.41) is 0. The Morgan fingerprint density at radius 1 is 1.13 bits per heavy atom. The van der Waals surface area contributed by atoms with Gasteiger partial charge < -0.3 is 19.9 Å². The number of rotatable bonds is 6. The highest BCUT2D eigenvalue weighted by atomic mass is 16.5. The molecule has 156 valence electrons. The van der Waals surface area contributed by atoms with Gasteiger partial charge in [-0.15, -0.1) is 12.8 Å². The third-order valence-electron chi connectivity index (χ3n) is 4.66. The molecule has 2 aromatic rings. The topological polar surface area (TPSA) is 101 Å². The van der Waals surface area contributed by atoms with E-state index in [-0.39, 0.29) is 31.1 Å². The van der Waals surface area contributed by atoms with Crippen molar-refractivity contribution in [2.45, 2.75) is 19.3 Å². The molecule has 1 aromatic heterocycles. The average Bonchev–Trinajstić information content (AvgIpc) is 2.76. The number of esters is 2. The molecule has 1 aromatic carbocycles. The largest absolute Gasteiger partial charge is 0.452 e. The van der Waals surface area contributed by atoms with Gasteiger partial charge in [0, 0.05) is 28.9 Å². The summed E-state index contributed by atoms with van der Waals surface area (Å²) in [4.78, 5) is 29.3. The van der Waals surface area contributed by atoms with E-state index >= 15 is 0 Å². The second-order valence-electron chi connectivity index (χ2n) is 6.72. The summed E-state index contributed by atoms with van der Waals surface area (Å²) in [6.45, 7) is 1.47. The third kappa shape index (κ3) is 4.85. The zero-order chi connectivity index (χ0) is 22.4. The number of nitrogens with two attached hydrogens (primary N) is 1. The number of aromatic nitrogens is 1. The Labute approximate surface area is 180 Å². The lowest BCUT2D eigenvalue weighted by atomic mass is 9.84. The first kappa shape index (κ1) is 21.5. The molecule has 2 N–H and O–H groups in total. The molecule has 7 heteroatoms. The average molecular weight is 416 g/mol. The molecule has 31 heavy (non-hydrogen) atoms. The van der Waals surface area contributed by atoms with Gasteiger partial charge in [-0.05, 0) is 30.7 Å². The Balaban J connectivity index is 2.04. The Kier molecular flexibility index (Phi) is 6.59. The number of hydrogen-bond donors (Lipinski definition) is 1. The standard InChI is InChI=1S/C24H20N2O5/c1-4-10-29-21(27)13-19-18-12-16(17-7-6-15(3)26-14-17)8-9-20(18)31-23(25)22(19)24(28)30-11-5-2/h1-2,6-9,12,14,19H,10-11,13,25H2,3H3. The van der Waals surface area contributed by atoms with Gasteiger partial charge in [-0.1, -0.05) is 24.0 Å². The highest BCUT2D eigenvalue weighted by Gasteiger charge is 2.36. The van der Waals surface area contributed by atoms with Crippen molar-refractivity contribution in [2.75, 3.05) is 13.2 Å². The monoisotopic (exact) mass is 416 g/mol. The van der Waals surface area contributed by atoms with Gasteiger partial charge in [0.2, 0.25) is 5.88 Å². The molecule has 0 amide bonds. The van der Waals surface area contributed by atoms with Gasteiger partial charge in [-0.2, -0.15) is 0 Å². The summed E-state index contributed by atoms with van der Waals surface area (Å²) in [7, 11) is 0. The first-order valence-electron chi connectivity index (χ1n) is 9.38. The molecular formula is C24H20N2O5. The number of benzene rings is 1. The lowest BCUT2D eigenvalue weighted by molar-refractivity contribution is -0.142. The zero-order valence-corrected chi connectivity index (χ0v) is 16.9. The molecule has 1 atom stereocenters. The predicted octanol–water partition coefficient (Wildman–Crippen LogP) is 2.45. The lowest BCUT2D eigenvalue weighted by Crippen LogP contribution is -2.28. The number of carbonyl (C=O) groups excluding carboxylic acids is 2. The van der Waals surface area contributed by atoms with Crippen LogP contribution in [0.1, 0.15) is 23.6 Å². The second-order valence-corrected chi connectivity index (χ2v) is 6.72. The van der Waals surface area contributed by atoms with E-state index in [0.29, 0.717) is 11.3 Å². The van der Waals surface area contributed by atoms with Gasteiger partial charge in [0.15, 0.2) is 13.2 Å². The van der Waals surface area contributed by atoms with Crippen molar-refractivity contribution < 1.29 is 23.8 Å². The van der Waals surface area contributed by atoms with Gasteiger partial charge in [0.25, 0.3) is 0 Å². The fourth-order valence-corrected chi connectivity index (χ4v) is 3.22. The van der Waals surface area contributed by atoms with Crippen molar-refractivity contribution in [3.8, 4) is 41.6 Å². The van der Waals surface area contributed by atoms with E-state index in [1.807, 2.05) is 31.2 Å². The van der Waals surface area contributed by atoms with Crippen LogP contribution in [0.25, 0.3) is 11.1 Å². The molecule has 2 heterocycles. The maximum Gasteiger partial charge on any atom is 0.341 e. The van der Waals surface area contributed by atoms with Crippen molar-refractivity contribution in [1.82, 2.24) is 4.98 Å². The molecular weight excluding hydrogens is 396 g/mol. The van der Waals surface area contributed by atoms with Gasteiger partial charge in [0.05, 0.1) is 6.42 Å².